The molecule has 0 aromatic heterocycles. The molecule has 158 valence electrons. The summed E-state index contributed by atoms with van der Waals surface area (Å²) < 4.78 is 26.6. The van der Waals surface area contributed by atoms with E-state index in [2.05, 4.69) is 4.90 Å². The van der Waals surface area contributed by atoms with E-state index in [-0.39, 0.29) is 11.8 Å². The molecule has 2 saturated heterocycles. The summed E-state index contributed by atoms with van der Waals surface area (Å²) in [5.74, 6) is -0.828. The van der Waals surface area contributed by atoms with Gasteiger partial charge in [-0.05, 0) is 52.3 Å². The molecular formula is C20H33N3O4S. The van der Waals surface area contributed by atoms with E-state index in [0.717, 1.165) is 30.4 Å². The van der Waals surface area contributed by atoms with Crippen LogP contribution in [0.5, 0.6) is 0 Å². The minimum atomic E-state index is -3.74. The zero-order valence-corrected chi connectivity index (χ0v) is 18.1. The molecular weight excluding hydrogens is 378 g/mol. The van der Waals surface area contributed by atoms with E-state index >= 15 is 0 Å². The van der Waals surface area contributed by atoms with Gasteiger partial charge in [0.25, 0.3) is 0 Å². The van der Waals surface area contributed by atoms with Crippen molar-refractivity contribution >= 4 is 21.8 Å². The van der Waals surface area contributed by atoms with E-state index in [9.17, 15) is 18.0 Å². The van der Waals surface area contributed by atoms with Crippen LogP contribution in [0.4, 0.5) is 0 Å². The van der Waals surface area contributed by atoms with Gasteiger partial charge in [0.15, 0.2) is 0 Å². The highest BCUT2D eigenvalue weighted by atomic mass is 32.2. The molecule has 3 aliphatic rings. The van der Waals surface area contributed by atoms with Crippen molar-refractivity contribution in [2.45, 2.75) is 70.6 Å². The quantitative estimate of drug-likeness (QED) is 0.640. The molecule has 0 aromatic carbocycles. The summed E-state index contributed by atoms with van der Waals surface area (Å²) in [7, 11) is -3.74. The molecule has 0 saturated carbocycles. The van der Waals surface area contributed by atoms with Crippen LogP contribution in [-0.2, 0) is 19.6 Å². The van der Waals surface area contributed by atoms with E-state index in [1.54, 1.807) is 24.8 Å². The van der Waals surface area contributed by atoms with E-state index < -0.39 is 27.2 Å². The molecule has 7 nitrogen and oxygen atoms in total. The fourth-order valence-corrected chi connectivity index (χ4v) is 5.82. The Kier molecular flexibility index (Phi) is 6.49. The average Bonchev–Trinajstić information content (AvgIpc) is 3.19. The molecule has 0 unspecified atom stereocenters. The summed E-state index contributed by atoms with van der Waals surface area (Å²) in [6, 6.07) is -0.435. The van der Waals surface area contributed by atoms with Crippen LogP contribution in [-0.4, -0.2) is 71.8 Å². The van der Waals surface area contributed by atoms with Crippen LogP contribution in [0.1, 0.15) is 59.3 Å². The molecule has 3 aliphatic heterocycles. The number of carbonyl (C=O) groups excluding carboxylic acids is 2. The first-order chi connectivity index (χ1) is 13.3. The van der Waals surface area contributed by atoms with Gasteiger partial charge in [0.1, 0.15) is 0 Å². The number of carbonyl (C=O) groups is 2. The van der Waals surface area contributed by atoms with Crippen LogP contribution in [0.2, 0.25) is 0 Å². The van der Waals surface area contributed by atoms with Crippen LogP contribution >= 0.6 is 0 Å². The number of hydrogen-bond acceptors (Lipinski definition) is 5. The van der Waals surface area contributed by atoms with Crippen molar-refractivity contribution in [3.05, 3.63) is 11.8 Å². The first kappa shape index (κ1) is 21.3. The highest BCUT2D eigenvalue weighted by molar-refractivity contribution is 7.90. The van der Waals surface area contributed by atoms with Gasteiger partial charge in [-0.3, -0.25) is 9.59 Å². The van der Waals surface area contributed by atoms with Gasteiger partial charge in [-0.2, -0.15) is 0 Å². The summed E-state index contributed by atoms with van der Waals surface area (Å²) >= 11 is 0. The largest absolute Gasteiger partial charge is 0.329 e. The van der Waals surface area contributed by atoms with Gasteiger partial charge in [-0.1, -0.05) is 19.8 Å². The first-order valence-electron chi connectivity index (χ1n) is 10.6. The standard InChI is InChI=1S/C20H33N3O4S/c1-4-8-16-19-17(23(20(16)25)28(26,27)15(2)3)9-14-22(19)18(24)10-13-21-11-6-5-7-12-21/h9,15-16,19H,4-8,10-14H2,1-3H3/t16-,19-/m1/s1. The monoisotopic (exact) mass is 411 g/mol. The summed E-state index contributed by atoms with van der Waals surface area (Å²) in [5, 5.41) is -0.678. The fraction of sp³-hybridized carbons (Fsp3) is 0.800. The number of piperidine rings is 1. The minimum Gasteiger partial charge on any atom is -0.329 e. The lowest BCUT2D eigenvalue weighted by Gasteiger charge is -2.30. The number of amides is 2. The third-order valence-electron chi connectivity index (χ3n) is 6.13. The third kappa shape index (κ3) is 3.85. The Morgan fingerprint density at radius 2 is 1.89 bits per heavy atom. The van der Waals surface area contributed by atoms with Gasteiger partial charge in [0, 0.05) is 19.5 Å². The highest BCUT2D eigenvalue weighted by Crippen LogP contribution is 2.41. The maximum Gasteiger partial charge on any atom is 0.246 e. The van der Waals surface area contributed by atoms with E-state index in [0.29, 0.717) is 25.1 Å². The maximum absolute atomic E-state index is 13.0. The van der Waals surface area contributed by atoms with Gasteiger partial charge in [0.2, 0.25) is 21.8 Å². The molecule has 0 spiro atoms. The van der Waals surface area contributed by atoms with Crippen LogP contribution in [0.15, 0.2) is 11.8 Å². The Bertz CT molecular complexity index is 741. The lowest BCUT2D eigenvalue weighted by Crippen LogP contribution is -2.42. The second-order valence-corrected chi connectivity index (χ2v) is 10.7. The number of hydrogen-bond donors (Lipinski definition) is 0. The topological polar surface area (TPSA) is 78.0 Å². The van der Waals surface area contributed by atoms with Crippen molar-refractivity contribution in [3.63, 3.8) is 0 Å². The lowest BCUT2D eigenvalue weighted by molar-refractivity contribution is -0.134. The molecule has 0 aromatic rings. The lowest BCUT2D eigenvalue weighted by atomic mass is 9.96. The van der Waals surface area contributed by atoms with Crippen molar-refractivity contribution in [2.24, 2.45) is 5.92 Å². The zero-order valence-electron chi connectivity index (χ0n) is 17.3. The molecule has 28 heavy (non-hydrogen) atoms. The highest BCUT2D eigenvalue weighted by Gasteiger charge is 2.54. The summed E-state index contributed by atoms with van der Waals surface area (Å²) in [6.07, 6.45) is 7.15. The Morgan fingerprint density at radius 1 is 1.21 bits per heavy atom. The van der Waals surface area contributed by atoms with E-state index in [4.69, 9.17) is 0 Å². The van der Waals surface area contributed by atoms with Crippen LogP contribution < -0.4 is 0 Å². The normalized spacial score (nSPS) is 26.1. The summed E-state index contributed by atoms with van der Waals surface area (Å²) in [6.45, 7) is 8.35. The van der Waals surface area contributed by atoms with Gasteiger partial charge < -0.3 is 9.80 Å². The van der Waals surface area contributed by atoms with Crippen molar-refractivity contribution in [2.75, 3.05) is 26.2 Å². The second kappa shape index (κ2) is 8.53. The van der Waals surface area contributed by atoms with Crippen LogP contribution in [0.3, 0.4) is 0 Å². The Balaban J connectivity index is 1.76. The first-order valence-corrected chi connectivity index (χ1v) is 12.1. The predicted octanol–water partition coefficient (Wildman–Crippen LogP) is 1.95. The van der Waals surface area contributed by atoms with Crippen molar-refractivity contribution in [1.82, 2.24) is 14.1 Å². The number of rotatable bonds is 7. The Labute approximate surface area is 168 Å². The molecule has 2 atom stereocenters. The summed E-state index contributed by atoms with van der Waals surface area (Å²) in [4.78, 5) is 30.0. The molecule has 2 amide bonds. The van der Waals surface area contributed by atoms with Gasteiger partial charge >= 0.3 is 0 Å². The maximum atomic E-state index is 13.0. The van der Waals surface area contributed by atoms with Gasteiger partial charge in [0.05, 0.1) is 22.9 Å². The smallest absolute Gasteiger partial charge is 0.246 e. The Hall–Kier alpha value is -1.41. The van der Waals surface area contributed by atoms with E-state index in [1.165, 1.54) is 19.3 Å². The SMILES string of the molecule is CCC[C@H]1C(=O)N(S(=O)(=O)C(C)C)C2=CCN(C(=O)CCN3CCCCC3)[C@@H]21. The molecule has 0 N–H and O–H groups in total. The van der Waals surface area contributed by atoms with Crippen molar-refractivity contribution in [1.29, 1.82) is 0 Å². The molecule has 8 heteroatoms. The van der Waals surface area contributed by atoms with Gasteiger partial charge in [-0.15, -0.1) is 0 Å². The Morgan fingerprint density at radius 3 is 2.50 bits per heavy atom. The predicted molar refractivity (Wildman–Crippen MR) is 108 cm³/mol. The number of nitrogens with zero attached hydrogens (tertiary/aromatic N) is 3. The molecule has 3 rings (SSSR count). The van der Waals surface area contributed by atoms with Crippen LogP contribution in [0.25, 0.3) is 0 Å². The molecule has 0 bridgehead atoms. The minimum absolute atomic E-state index is 0.0134. The summed E-state index contributed by atoms with van der Waals surface area (Å²) in [5.41, 5.74) is 0.489. The molecule has 2 fully saturated rings. The molecule has 3 heterocycles. The van der Waals surface area contributed by atoms with Gasteiger partial charge in [-0.25, -0.2) is 12.7 Å². The third-order valence-corrected chi connectivity index (χ3v) is 8.22. The number of sulfonamides is 1. The number of fused-ring (bicyclic) bond motifs is 1. The fourth-order valence-electron chi connectivity index (χ4n) is 4.54. The zero-order chi connectivity index (χ0) is 20.5. The molecule has 0 aliphatic carbocycles. The molecule has 0 radical (unpaired) electrons. The number of likely N-dealkylation sites (tertiary alicyclic amines) is 1. The van der Waals surface area contributed by atoms with Crippen molar-refractivity contribution < 1.29 is 18.0 Å². The van der Waals surface area contributed by atoms with Crippen molar-refractivity contribution in [3.8, 4) is 0 Å². The second-order valence-electron chi connectivity index (χ2n) is 8.36. The van der Waals surface area contributed by atoms with Crippen LogP contribution in [0, 0.1) is 5.92 Å². The average molecular weight is 412 g/mol. The van der Waals surface area contributed by atoms with E-state index in [1.807, 2.05) is 6.92 Å².